The number of morpholine rings is 1. The van der Waals surface area contributed by atoms with E-state index in [-0.39, 0.29) is 17.5 Å². The first-order valence-corrected chi connectivity index (χ1v) is 7.83. The third kappa shape index (κ3) is 3.55. The zero-order valence-corrected chi connectivity index (χ0v) is 12.0. The smallest absolute Gasteiger partial charge is 0.240 e. The molecule has 1 aromatic rings. The molecule has 1 saturated heterocycles. The molecule has 1 atom stereocenters. The summed E-state index contributed by atoms with van der Waals surface area (Å²) < 4.78 is 32.3. The van der Waals surface area contributed by atoms with E-state index in [2.05, 4.69) is 10.0 Å². The largest absolute Gasteiger partial charge is 0.378 e. The van der Waals surface area contributed by atoms with Crippen LogP contribution in [0.1, 0.15) is 11.1 Å². The molecule has 1 aliphatic rings. The van der Waals surface area contributed by atoms with Crippen LogP contribution in [0.2, 0.25) is 0 Å². The van der Waals surface area contributed by atoms with Crippen LogP contribution < -0.4 is 10.0 Å². The lowest BCUT2D eigenvalue weighted by atomic mass is 10.2. The number of rotatable bonds is 4. The molecule has 0 radical (unpaired) electrons. The SMILES string of the molecule is Cc1cc(C#N)ccc1S(=O)(=O)NCC1COCCN1. The summed E-state index contributed by atoms with van der Waals surface area (Å²) in [6.45, 7) is 3.83. The summed E-state index contributed by atoms with van der Waals surface area (Å²) in [6, 6.07) is 6.50. The molecule has 1 fully saturated rings. The molecule has 1 unspecified atom stereocenters. The molecule has 0 aromatic heterocycles. The summed E-state index contributed by atoms with van der Waals surface area (Å²) in [5.41, 5.74) is 1.01. The minimum Gasteiger partial charge on any atom is -0.378 e. The van der Waals surface area contributed by atoms with Gasteiger partial charge in [0.15, 0.2) is 0 Å². The van der Waals surface area contributed by atoms with Crippen molar-refractivity contribution < 1.29 is 13.2 Å². The first-order chi connectivity index (χ1) is 9.53. The molecular formula is C13H17N3O3S. The maximum absolute atomic E-state index is 12.2. The fourth-order valence-corrected chi connectivity index (χ4v) is 3.37. The van der Waals surface area contributed by atoms with Gasteiger partial charge in [-0.2, -0.15) is 5.26 Å². The van der Waals surface area contributed by atoms with Crippen LogP contribution in [-0.2, 0) is 14.8 Å². The third-order valence-corrected chi connectivity index (χ3v) is 4.70. The van der Waals surface area contributed by atoms with Gasteiger partial charge in [0.2, 0.25) is 10.0 Å². The van der Waals surface area contributed by atoms with Gasteiger partial charge < -0.3 is 10.1 Å². The van der Waals surface area contributed by atoms with Gasteiger partial charge >= 0.3 is 0 Å². The monoisotopic (exact) mass is 295 g/mol. The number of ether oxygens (including phenoxy) is 1. The van der Waals surface area contributed by atoms with Crippen LogP contribution in [0.3, 0.4) is 0 Å². The standard InChI is InChI=1S/C13H17N3O3S/c1-10-6-11(7-14)2-3-13(10)20(17,18)16-8-12-9-19-5-4-15-12/h2-3,6,12,15-16H,4-5,8-9H2,1H3. The minimum atomic E-state index is -3.57. The van der Waals surface area contributed by atoms with Crippen LogP contribution in [0.15, 0.2) is 23.1 Å². The Kier molecular flexibility index (Phi) is 4.73. The number of hydrogen-bond donors (Lipinski definition) is 2. The van der Waals surface area contributed by atoms with E-state index in [1.165, 1.54) is 12.1 Å². The highest BCUT2D eigenvalue weighted by molar-refractivity contribution is 7.89. The second-order valence-corrected chi connectivity index (χ2v) is 6.41. The number of nitrogens with one attached hydrogen (secondary N) is 2. The van der Waals surface area contributed by atoms with Crippen molar-refractivity contribution in [2.75, 3.05) is 26.3 Å². The predicted octanol–water partition coefficient (Wildman–Crippen LogP) is 0.133. The van der Waals surface area contributed by atoms with E-state index in [9.17, 15) is 8.42 Å². The molecule has 0 bridgehead atoms. The van der Waals surface area contributed by atoms with Gasteiger partial charge in [-0.3, -0.25) is 0 Å². The Labute approximate surface area is 118 Å². The van der Waals surface area contributed by atoms with Crippen molar-refractivity contribution in [2.45, 2.75) is 17.9 Å². The Hall–Kier alpha value is -1.46. The van der Waals surface area contributed by atoms with Crippen LogP contribution in [0.5, 0.6) is 0 Å². The van der Waals surface area contributed by atoms with Crippen molar-refractivity contribution >= 4 is 10.0 Å². The Bertz CT molecular complexity index is 616. The summed E-state index contributed by atoms with van der Waals surface area (Å²) in [5, 5.41) is 12.0. The number of aryl methyl sites for hydroxylation is 1. The van der Waals surface area contributed by atoms with Crippen molar-refractivity contribution in [3.63, 3.8) is 0 Å². The second-order valence-electron chi connectivity index (χ2n) is 4.67. The molecule has 0 amide bonds. The zero-order valence-electron chi connectivity index (χ0n) is 11.2. The molecular weight excluding hydrogens is 278 g/mol. The molecule has 2 N–H and O–H groups in total. The summed E-state index contributed by atoms with van der Waals surface area (Å²) >= 11 is 0. The van der Waals surface area contributed by atoms with Crippen LogP contribution in [-0.4, -0.2) is 40.8 Å². The van der Waals surface area contributed by atoms with Crippen molar-refractivity contribution in [3.8, 4) is 6.07 Å². The molecule has 0 saturated carbocycles. The molecule has 7 heteroatoms. The van der Waals surface area contributed by atoms with E-state index >= 15 is 0 Å². The van der Waals surface area contributed by atoms with Gasteiger partial charge in [0.25, 0.3) is 0 Å². The first-order valence-electron chi connectivity index (χ1n) is 6.34. The molecule has 108 valence electrons. The van der Waals surface area contributed by atoms with E-state index in [4.69, 9.17) is 10.00 Å². The predicted molar refractivity (Wildman–Crippen MR) is 73.7 cm³/mol. The number of sulfonamides is 1. The van der Waals surface area contributed by atoms with Crippen LogP contribution >= 0.6 is 0 Å². The van der Waals surface area contributed by atoms with E-state index in [0.29, 0.717) is 24.3 Å². The highest BCUT2D eigenvalue weighted by Crippen LogP contribution is 2.16. The molecule has 0 aliphatic carbocycles. The molecule has 0 spiro atoms. The Morgan fingerprint density at radius 3 is 2.95 bits per heavy atom. The van der Waals surface area contributed by atoms with E-state index in [1.54, 1.807) is 13.0 Å². The van der Waals surface area contributed by atoms with Gasteiger partial charge in [-0.15, -0.1) is 0 Å². The van der Waals surface area contributed by atoms with Gasteiger partial charge in [0.1, 0.15) is 0 Å². The summed E-state index contributed by atoms with van der Waals surface area (Å²) in [4.78, 5) is 0.202. The lowest BCUT2D eigenvalue weighted by Crippen LogP contribution is -2.48. The summed E-state index contributed by atoms with van der Waals surface area (Å²) in [7, 11) is -3.57. The van der Waals surface area contributed by atoms with Gasteiger partial charge in [-0.1, -0.05) is 0 Å². The molecule has 2 rings (SSSR count). The van der Waals surface area contributed by atoms with Crippen molar-refractivity contribution in [1.29, 1.82) is 5.26 Å². The first kappa shape index (κ1) is 14.9. The maximum atomic E-state index is 12.2. The lowest BCUT2D eigenvalue weighted by molar-refractivity contribution is 0.0784. The Balaban J connectivity index is 2.08. The third-order valence-electron chi connectivity index (χ3n) is 3.11. The summed E-state index contributed by atoms with van der Waals surface area (Å²) in [5.74, 6) is 0. The number of hydrogen-bond acceptors (Lipinski definition) is 5. The Morgan fingerprint density at radius 1 is 1.55 bits per heavy atom. The number of nitriles is 1. The minimum absolute atomic E-state index is 0.0165. The zero-order chi connectivity index (χ0) is 14.6. The fraction of sp³-hybridized carbons (Fsp3) is 0.462. The summed E-state index contributed by atoms with van der Waals surface area (Å²) in [6.07, 6.45) is 0. The Morgan fingerprint density at radius 2 is 2.35 bits per heavy atom. The van der Waals surface area contributed by atoms with Crippen molar-refractivity contribution in [3.05, 3.63) is 29.3 Å². The molecule has 1 aromatic carbocycles. The average molecular weight is 295 g/mol. The van der Waals surface area contributed by atoms with Crippen LogP contribution in [0.4, 0.5) is 0 Å². The lowest BCUT2D eigenvalue weighted by Gasteiger charge is -2.24. The van der Waals surface area contributed by atoms with Crippen LogP contribution in [0.25, 0.3) is 0 Å². The quantitative estimate of drug-likeness (QED) is 0.824. The topological polar surface area (TPSA) is 91.2 Å². The van der Waals surface area contributed by atoms with E-state index < -0.39 is 10.0 Å². The van der Waals surface area contributed by atoms with Gasteiger partial charge in [0, 0.05) is 19.1 Å². The maximum Gasteiger partial charge on any atom is 0.240 e. The fourth-order valence-electron chi connectivity index (χ4n) is 2.06. The van der Waals surface area contributed by atoms with Crippen molar-refractivity contribution in [1.82, 2.24) is 10.0 Å². The van der Waals surface area contributed by atoms with Crippen molar-refractivity contribution in [2.24, 2.45) is 0 Å². The molecule has 20 heavy (non-hydrogen) atoms. The highest BCUT2D eigenvalue weighted by atomic mass is 32.2. The van der Waals surface area contributed by atoms with E-state index in [0.717, 1.165) is 6.54 Å². The van der Waals surface area contributed by atoms with Gasteiger partial charge in [-0.05, 0) is 30.7 Å². The second kappa shape index (κ2) is 6.33. The average Bonchev–Trinajstić information content (AvgIpc) is 2.46. The molecule has 1 heterocycles. The molecule has 1 aliphatic heterocycles. The normalized spacial score (nSPS) is 19.5. The van der Waals surface area contributed by atoms with Gasteiger partial charge in [-0.25, -0.2) is 13.1 Å². The van der Waals surface area contributed by atoms with Gasteiger partial charge in [0.05, 0.1) is 29.7 Å². The number of benzene rings is 1. The van der Waals surface area contributed by atoms with E-state index in [1.807, 2.05) is 6.07 Å². The number of nitrogens with zero attached hydrogens (tertiary/aromatic N) is 1. The van der Waals surface area contributed by atoms with Crippen LogP contribution in [0, 0.1) is 18.3 Å². The highest BCUT2D eigenvalue weighted by Gasteiger charge is 2.20. The molecule has 6 nitrogen and oxygen atoms in total.